The van der Waals surface area contributed by atoms with Crippen molar-refractivity contribution in [1.82, 2.24) is 20.0 Å². The van der Waals surface area contributed by atoms with Crippen molar-refractivity contribution >= 4 is 52.9 Å². The number of alkyl carbamates (subject to hydrolysis) is 1. The summed E-state index contributed by atoms with van der Waals surface area (Å²) in [5.74, 6) is 5.49. The highest BCUT2D eigenvalue weighted by molar-refractivity contribution is 8.00. The maximum atomic E-state index is 14.6. The maximum absolute atomic E-state index is 14.6. The molecule has 0 spiro atoms. The Balaban J connectivity index is 1.35. The van der Waals surface area contributed by atoms with E-state index in [1.807, 2.05) is 6.07 Å². The van der Waals surface area contributed by atoms with E-state index in [0.29, 0.717) is 70.3 Å². The number of ether oxygens (including phenoxy) is 2. The van der Waals surface area contributed by atoms with E-state index in [-0.39, 0.29) is 24.0 Å². The Morgan fingerprint density at radius 2 is 1.77 bits per heavy atom. The average molecular weight is 800 g/mol. The summed E-state index contributed by atoms with van der Waals surface area (Å²) < 4.78 is 12.2. The second-order valence-electron chi connectivity index (χ2n) is 14.1. The van der Waals surface area contributed by atoms with Crippen LogP contribution in [0.15, 0.2) is 79.0 Å². The predicted molar refractivity (Wildman–Crippen MR) is 217 cm³/mol. The average Bonchev–Trinajstić information content (AvgIpc) is 3.75. The van der Waals surface area contributed by atoms with Crippen LogP contribution in [0.3, 0.4) is 0 Å². The number of nitrogens with zero attached hydrogens (tertiary/aromatic N) is 3. The van der Waals surface area contributed by atoms with E-state index in [4.69, 9.17) is 21.1 Å². The van der Waals surface area contributed by atoms with Crippen molar-refractivity contribution in [3.8, 4) is 28.8 Å². The number of rotatable bonds is 12. The summed E-state index contributed by atoms with van der Waals surface area (Å²) in [5, 5.41) is 20.7. The Morgan fingerprint density at radius 3 is 2.46 bits per heavy atom. The van der Waals surface area contributed by atoms with Crippen LogP contribution < -0.4 is 10.6 Å². The van der Waals surface area contributed by atoms with Crippen LogP contribution in [0, 0.1) is 11.8 Å². The highest BCUT2D eigenvalue weighted by Crippen LogP contribution is 2.36. The van der Waals surface area contributed by atoms with E-state index >= 15 is 0 Å². The van der Waals surface area contributed by atoms with Gasteiger partial charge in [0.05, 0.1) is 17.5 Å². The highest BCUT2D eigenvalue weighted by atomic mass is 35.5. The Hall–Kier alpha value is -5.45. The van der Waals surface area contributed by atoms with Crippen molar-refractivity contribution < 1.29 is 33.8 Å². The first kappa shape index (κ1) is 41.7. The zero-order valence-corrected chi connectivity index (χ0v) is 33.6. The number of carbonyl (C=O) groups is 4. The summed E-state index contributed by atoms with van der Waals surface area (Å²) in [4.78, 5) is 55.1. The predicted octanol–water partition coefficient (Wildman–Crippen LogP) is 7.44. The quantitative estimate of drug-likeness (QED) is 0.0754. The normalized spacial score (nSPS) is 15.6. The third kappa shape index (κ3) is 11.3. The zero-order valence-electron chi connectivity index (χ0n) is 32.0. The van der Waals surface area contributed by atoms with Gasteiger partial charge in [-0.2, -0.15) is 5.10 Å². The monoisotopic (exact) mass is 799 g/mol. The van der Waals surface area contributed by atoms with E-state index in [0.717, 1.165) is 0 Å². The van der Waals surface area contributed by atoms with Crippen LogP contribution in [0.2, 0.25) is 5.02 Å². The van der Waals surface area contributed by atoms with Gasteiger partial charge >= 0.3 is 12.1 Å². The Labute approximate surface area is 336 Å². The van der Waals surface area contributed by atoms with Crippen LogP contribution in [0.1, 0.15) is 76.1 Å². The van der Waals surface area contributed by atoms with Gasteiger partial charge in [-0.3, -0.25) is 19.1 Å². The third-order valence-corrected chi connectivity index (χ3v) is 10.2. The molecule has 5 rings (SSSR count). The van der Waals surface area contributed by atoms with Gasteiger partial charge in [0.2, 0.25) is 5.91 Å². The fraction of sp³-hybridized carbons (Fsp3) is 0.357. The van der Waals surface area contributed by atoms with Crippen LogP contribution in [-0.4, -0.2) is 73.0 Å². The van der Waals surface area contributed by atoms with E-state index in [1.165, 1.54) is 17.8 Å². The zero-order chi connectivity index (χ0) is 40.4. The molecule has 3 amide bonds. The van der Waals surface area contributed by atoms with Crippen LogP contribution in [0.25, 0.3) is 11.3 Å². The van der Waals surface area contributed by atoms with Gasteiger partial charge in [-0.1, -0.05) is 53.8 Å². The fourth-order valence-electron chi connectivity index (χ4n) is 6.09. The highest BCUT2D eigenvalue weighted by Gasteiger charge is 2.44. The number of carbonyl (C=O) groups excluding carboxylic acids is 4. The van der Waals surface area contributed by atoms with E-state index in [9.17, 15) is 24.3 Å². The molecule has 0 aliphatic carbocycles. The molecule has 3 N–H and O–H groups in total. The van der Waals surface area contributed by atoms with Gasteiger partial charge in [0.1, 0.15) is 29.1 Å². The molecule has 3 atom stereocenters. The van der Waals surface area contributed by atoms with Crippen molar-refractivity contribution in [3.63, 3.8) is 0 Å². The molecule has 14 heteroatoms. The maximum Gasteiger partial charge on any atom is 0.408 e. The summed E-state index contributed by atoms with van der Waals surface area (Å²) >= 11 is 7.66. The lowest BCUT2D eigenvalue weighted by atomic mass is 10.0. The molecule has 0 saturated carbocycles. The lowest BCUT2D eigenvalue weighted by Crippen LogP contribution is -2.52. The molecule has 1 unspecified atom stereocenters. The first-order chi connectivity index (χ1) is 26.7. The number of unbranched alkanes of at least 4 members (excludes halogenated alkanes) is 1. The van der Waals surface area contributed by atoms with Crippen LogP contribution in [-0.2, 0) is 30.9 Å². The minimum atomic E-state index is -1.12. The Bertz CT molecular complexity index is 2090. The standard InChI is InChI=1S/C42H46ClN5O7S/c1-6-54-36(50)15-11-10-14-35-48(40(52)38(28-12-8-7-9-13-28)45-41(53)55-42(2,3)4)33(26-56-35)39(51)44-31-21-17-27(18-22-31)16-19-29-25-47(5)46-37(29)32-24-30(43)20-23-34(32)49/h7-9,12-13,17-18,20-25,33,35,38,49H,6,10-11,14-15,26H2,1-5H3,(H,44,51)(H,45,53)/t33-,35?,38+/m0/s1. The summed E-state index contributed by atoms with van der Waals surface area (Å²) in [6.07, 6.45) is 2.95. The smallest absolute Gasteiger partial charge is 0.408 e. The molecule has 294 valence electrons. The molecule has 2 heterocycles. The van der Waals surface area contributed by atoms with E-state index in [1.54, 1.807) is 111 Å². The lowest BCUT2D eigenvalue weighted by molar-refractivity contribution is -0.143. The van der Waals surface area contributed by atoms with Crippen LogP contribution >= 0.6 is 23.4 Å². The lowest BCUT2D eigenvalue weighted by Gasteiger charge is -2.33. The summed E-state index contributed by atoms with van der Waals surface area (Å²) in [6.45, 7) is 7.28. The summed E-state index contributed by atoms with van der Waals surface area (Å²) in [7, 11) is 1.76. The van der Waals surface area contributed by atoms with Crippen LogP contribution in [0.5, 0.6) is 5.75 Å². The Morgan fingerprint density at radius 1 is 1.04 bits per heavy atom. The SMILES string of the molecule is CCOC(=O)CCCCC1SC[C@@H](C(=O)Nc2ccc(C#Cc3cn(C)nc3-c3cc(Cl)ccc3O)cc2)N1C(=O)[C@H](NC(=O)OC(C)(C)C)c1ccccc1. The number of amides is 3. The van der Waals surface area contributed by atoms with E-state index in [2.05, 4.69) is 27.6 Å². The first-order valence-electron chi connectivity index (χ1n) is 18.3. The molecule has 56 heavy (non-hydrogen) atoms. The van der Waals surface area contributed by atoms with Gasteiger partial charge in [-0.25, -0.2) is 4.79 Å². The number of aromatic hydroxyl groups is 1. The topological polar surface area (TPSA) is 152 Å². The molecule has 1 aliphatic rings. The van der Waals surface area contributed by atoms with Crippen LogP contribution in [0.4, 0.5) is 10.5 Å². The number of phenols is 1. The number of halogens is 1. The third-order valence-electron chi connectivity index (χ3n) is 8.61. The molecule has 1 fully saturated rings. The van der Waals surface area contributed by atoms with Crippen molar-refractivity contribution in [2.45, 2.75) is 76.4 Å². The summed E-state index contributed by atoms with van der Waals surface area (Å²) in [5.41, 5.74) is 2.47. The van der Waals surface area contributed by atoms with Crippen molar-refractivity contribution in [2.24, 2.45) is 7.05 Å². The van der Waals surface area contributed by atoms with Gasteiger partial charge in [0.15, 0.2) is 0 Å². The number of aryl methyl sites for hydroxylation is 1. The number of hydrogen-bond acceptors (Lipinski definition) is 9. The molecule has 1 saturated heterocycles. The van der Waals surface area contributed by atoms with Gasteiger partial charge in [0, 0.05) is 47.3 Å². The van der Waals surface area contributed by atoms with Gasteiger partial charge in [0.25, 0.3) is 5.91 Å². The molecule has 0 radical (unpaired) electrons. The number of esters is 1. The van der Waals surface area contributed by atoms with Crippen molar-refractivity contribution in [1.29, 1.82) is 0 Å². The molecule has 3 aromatic carbocycles. The number of anilines is 1. The number of phenolic OH excluding ortho intramolecular Hbond substituents is 1. The van der Waals surface area contributed by atoms with Gasteiger partial charge in [-0.05, 0) is 95.0 Å². The number of benzene rings is 3. The second-order valence-corrected chi connectivity index (χ2v) is 15.8. The minimum Gasteiger partial charge on any atom is -0.507 e. The fourth-order valence-corrected chi connectivity index (χ4v) is 7.72. The molecular formula is C42H46ClN5O7S. The molecule has 4 aromatic rings. The summed E-state index contributed by atoms with van der Waals surface area (Å²) in [6, 6.07) is 18.6. The molecular weight excluding hydrogens is 754 g/mol. The largest absolute Gasteiger partial charge is 0.507 e. The second kappa shape index (κ2) is 18.9. The van der Waals surface area contributed by atoms with Gasteiger partial charge < -0.3 is 30.1 Å². The number of hydrogen-bond donors (Lipinski definition) is 3. The molecule has 12 nitrogen and oxygen atoms in total. The van der Waals surface area contributed by atoms with E-state index < -0.39 is 35.1 Å². The number of thioether (sulfide) groups is 1. The Kier molecular flexibility index (Phi) is 14.1. The first-order valence-corrected chi connectivity index (χ1v) is 19.7. The van der Waals surface area contributed by atoms with Crippen molar-refractivity contribution in [2.75, 3.05) is 17.7 Å². The minimum absolute atomic E-state index is 0.0346. The van der Waals surface area contributed by atoms with Gasteiger partial charge in [-0.15, -0.1) is 11.8 Å². The molecule has 0 bridgehead atoms. The molecule has 1 aliphatic heterocycles. The number of nitrogens with one attached hydrogen (secondary N) is 2. The molecule has 1 aromatic heterocycles. The number of aromatic nitrogens is 2. The van der Waals surface area contributed by atoms with Crippen molar-refractivity contribution in [3.05, 3.63) is 101 Å².